The van der Waals surface area contributed by atoms with E-state index in [1.807, 2.05) is 43.3 Å². The van der Waals surface area contributed by atoms with E-state index in [0.29, 0.717) is 6.04 Å². The standard InChI is InChI=1S/C15H23N3O/c1-18(2)14-7-5-12(6-8-14)15(19)17-13-4-3-10-16-11-9-13/h5-8,13,16H,3-4,9-11H2,1-2H3,(H,17,19). The van der Waals surface area contributed by atoms with Gasteiger partial charge in [0.1, 0.15) is 0 Å². The highest BCUT2D eigenvalue weighted by Gasteiger charge is 2.15. The Morgan fingerprint density at radius 3 is 2.63 bits per heavy atom. The molecule has 1 amide bonds. The molecule has 1 aliphatic heterocycles. The smallest absolute Gasteiger partial charge is 0.251 e. The van der Waals surface area contributed by atoms with Gasteiger partial charge in [-0.25, -0.2) is 0 Å². The molecule has 1 saturated heterocycles. The predicted molar refractivity (Wildman–Crippen MR) is 78.7 cm³/mol. The van der Waals surface area contributed by atoms with Gasteiger partial charge in [0.15, 0.2) is 0 Å². The van der Waals surface area contributed by atoms with E-state index in [9.17, 15) is 4.79 Å². The fraction of sp³-hybridized carbons (Fsp3) is 0.533. The zero-order valence-electron chi connectivity index (χ0n) is 11.8. The first kappa shape index (κ1) is 13.9. The van der Waals surface area contributed by atoms with Gasteiger partial charge in [0.05, 0.1) is 0 Å². The average molecular weight is 261 g/mol. The molecule has 1 aliphatic rings. The van der Waals surface area contributed by atoms with E-state index >= 15 is 0 Å². The molecule has 104 valence electrons. The van der Waals surface area contributed by atoms with Gasteiger partial charge in [0, 0.05) is 31.4 Å². The van der Waals surface area contributed by atoms with Crippen molar-refractivity contribution in [1.29, 1.82) is 0 Å². The lowest BCUT2D eigenvalue weighted by Gasteiger charge is -2.17. The molecule has 4 heteroatoms. The van der Waals surface area contributed by atoms with Crippen molar-refractivity contribution in [3.8, 4) is 0 Å². The van der Waals surface area contributed by atoms with Crippen LogP contribution in [-0.2, 0) is 0 Å². The number of amides is 1. The molecule has 0 radical (unpaired) electrons. The van der Waals surface area contributed by atoms with Gasteiger partial charge in [-0.1, -0.05) is 0 Å². The summed E-state index contributed by atoms with van der Waals surface area (Å²) in [6.45, 7) is 2.05. The average Bonchev–Trinajstić information content (AvgIpc) is 2.67. The van der Waals surface area contributed by atoms with Crippen LogP contribution in [0.5, 0.6) is 0 Å². The van der Waals surface area contributed by atoms with Crippen LogP contribution >= 0.6 is 0 Å². The normalized spacial score (nSPS) is 19.6. The SMILES string of the molecule is CN(C)c1ccc(C(=O)NC2CCCNCC2)cc1. The Morgan fingerprint density at radius 2 is 1.95 bits per heavy atom. The van der Waals surface area contributed by atoms with Crippen LogP contribution < -0.4 is 15.5 Å². The Labute approximate surface area is 115 Å². The monoisotopic (exact) mass is 261 g/mol. The maximum atomic E-state index is 12.2. The first-order chi connectivity index (χ1) is 9.16. The first-order valence-electron chi connectivity index (χ1n) is 6.96. The Balaban J connectivity index is 1.95. The minimum atomic E-state index is 0.0391. The van der Waals surface area contributed by atoms with Crippen LogP contribution in [0.25, 0.3) is 0 Å². The van der Waals surface area contributed by atoms with Gasteiger partial charge in [-0.15, -0.1) is 0 Å². The minimum Gasteiger partial charge on any atom is -0.378 e. The van der Waals surface area contributed by atoms with Crippen molar-refractivity contribution in [3.05, 3.63) is 29.8 Å². The van der Waals surface area contributed by atoms with E-state index in [1.54, 1.807) is 0 Å². The molecule has 4 nitrogen and oxygen atoms in total. The summed E-state index contributed by atoms with van der Waals surface area (Å²) in [6, 6.07) is 8.03. The summed E-state index contributed by atoms with van der Waals surface area (Å²) in [6.07, 6.45) is 3.21. The Morgan fingerprint density at radius 1 is 1.21 bits per heavy atom. The molecule has 1 atom stereocenters. The summed E-state index contributed by atoms with van der Waals surface area (Å²) in [7, 11) is 3.99. The van der Waals surface area contributed by atoms with E-state index in [1.165, 1.54) is 0 Å². The zero-order chi connectivity index (χ0) is 13.7. The highest BCUT2D eigenvalue weighted by atomic mass is 16.1. The molecule has 1 aromatic rings. The van der Waals surface area contributed by atoms with Crippen LogP contribution in [0, 0.1) is 0 Å². The van der Waals surface area contributed by atoms with Crippen molar-refractivity contribution in [1.82, 2.24) is 10.6 Å². The van der Waals surface area contributed by atoms with Gasteiger partial charge in [-0.3, -0.25) is 4.79 Å². The summed E-state index contributed by atoms with van der Waals surface area (Å²) in [5.41, 5.74) is 1.85. The van der Waals surface area contributed by atoms with Gasteiger partial charge in [0.2, 0.25) is 0 Å². The molecule has 1 aromatic carbocycles. The highest BCUT2D eigenvalue weighted by Crippen LogP contribution is 2.13. The van der Waals surface area contributed by atoms with Crippen LogP contribution in [0.3, 0.4) is 0 Å². The molecule has 1 fully saturated rings. The topological polar surface area (TPSA) is 44.4 Å². The first-order valence-corrected chi connectivity index (χ1v) is 6.96. The second-order valence-corrected chi connectivity index (χ2v) is 5.29. The second kappa shape index (κ2) is 6.57. The van der Waals surface area contributed by atoms with E-state index < -0.39 is 0 Å². The lowest BCUT2D eigenvalue weighted by atomic mass is 10.1. The maximum Gasteiger partial charge on any atom is 0.251 e. The number of nitrogens with zero attached hydrogens (tertiary/aromatic N) is 1. The van der Waals surface area contributed by atoms with Gasteiger partial charge >= 0.3 is 0 Å². The highest BCUT2D eigenvalue weighted by molar-refractivity contribution is 5.94. The lowest BCUT2D eigenvalue weighted by molar-refractivity contribution is 0.0934. The maximum absolute atomic E-state index is 12.2. The van der Waals surface area contributed by atoms with E-state index in [0.717, 1.165) is 43.6 Å². The van der Waals surface area contributed by atoms with Gasteiger partial charge in [-0.2, -0.15) is 0 Å². The van der Waals surface area contributed by atoms with Crippen LogP contribution in [0.15, 0.2) is 24.3 Å². The van der Waals surface area contributed by atoms with Crippen LogP contribution in [0.1, 0.15) is 29.6 Å². The Bertz CT molecular complexity index is 406. The molecule has 0 aromatic heterocycles. The second-order valence-electron chi connectivity index (χ2n) is 5.29. The third-order valence-corrected chi connectivity index (χ3v) is 3.56. The van der Waals surface area contributed by atoms with Gasteiger partial charge in [0.25, 0.3) is 5.91 Å². The third-order valence-electron chi connectivity index (χ3n) is 3.56. The number of carbonyl (C=O) groups is 1. The van der Waals surface area contributed by atoms with E-state index in [4.69, 9.17) is 0 Å². The zero-order valence-corrected chi connectivity index (χ0v) is 11.8. The lowest BCUT2D eigenvalue weighted by Crippen LogP contribution is -2.35. The molecule has 2 rings (SSSR count). The van der Waals surface area contributed by atoms with Crippen molar-refractivity contribution < 1.29 is 4.79 Å². The van der Waals surface area contributed by atoms with Crippen molar-refractivity contribution in [2.45, 2.75) is 25.3 Å². The van der Waals surface area contributed by atoms with Crippen molar-refractivity contribution in [3.63, 3.8) is 0 Å². The summed E-state index contributed by atoms with van der Waals surface area (Å²) in [5, 5.41) is 6.48. The molecule has 2 N–H and O–H groups in total. The molecule has 0 spiro atoms. The summed E-state index contributed by atoms with van der Waals surface area (Å²) >= 11 is 0. The summed E-state index contributed by atoms with van der Waals surface area (Å²) < 4.78 is 0. The number of benzene rings is 1. The van der Waals surface area contributed by atoms with Crippen molar-refractivity contribution in [2.24, 2.45) is 0 Å². The Kier molecular flexibility index (Phi) is 4.80. The predicted octanol–water partition coefficient (Wildman–Crippen LogP) is 1.62. The molecule has 1 unspecified atom stereocenters. The van der Waals surface area contributed by atoms with Crippen LogP contribution in [0.4, 0.5) is 5.69 Å². The molecule has 0 bridgehead atoms. The fourth-order valence-corrected chi connectivity index (χ4v) is 2.34. The van der Waals surface area contributed by atoms with Gasteiger partial charge < -0.3 is 15.5 Å². The molecule has 0 aliphatic carbocycles. The third kappa shape index (κ3) is 3.96. The molecular weight excluding hydrogens is 238 g/mol. The number of carbonyl (C=O) groups excluding carboxylic acids is 1. The number of rotatable bonds is 3. The minimum absolute atomic E-state index is 0.0391. The summed E-state index contributed by atoms with van der Waals surface area (Å²) in [5.74, 6) is 0.0391. The van der Waals surface area contributed by atoms with Crippen molar-refractivity contribution >= 4 is 11.6 Å². The fourth-order valence-electron chi connectivity index (χ4n) is 2.34. The van der Waals surface area contributed by atoms with Crippen LogP contribution in [-0.4, -0.2) is 39.1 Å². The van der Waals surface area contributed by atoms with Crippen LogP contribution in [0.2, 0.25) is 0 Å². The number of hydrogen-bond acceptors (Lipinski definition) is 3. The molecule has 1 heterocycles. The molecule has 0 saturated carbocycles. The largest absolute Gasteiger partial charge is 0.378 e. The number of hydrogen-bond donors (Lipinski definition) is 2. The van der Waals surface area contributed by atoms with E-state index in [2.05, 4.69) is 10.6 Å². The molecule has 19 heavy (non-hydrogen) atoms. The van der Waals surface area contributed by atoms with Gasteiger partial charge in [-0.05, 0) is 56.6 Å². The number of nitrogens with one attached hydrogen (secondary N) is 2. The molecular formula is C15H23N3O. The van der Waals surface area contributed by atoms with E-state index in [-0.39, 0.29) is 5.91 Å². The quantitative estimate of drug-likeness (QED) is 0.869. The summed E-state index contributed by atoms with van der Waals surface area (Å²) in [4.78, 5) is 14.2. The Hall–Kier alpha value is -1.55. The number of anilines is 1. The van der Waals surface area contributed by atoms with Crippen molar-refractivity contribution in [2.75, 3.05) is 32.1 Å².